The Bertz CT molecular complexity index is 571. The summed E-state index contributed by atoms with van der Waals surface area (Å²) in [5.41, 5.74) is 1.26. The second-order valence-electron chi connectivity index (χ2n) is 3.70. The molecule has 0 fully saturated rings. The molecule has 1 amide bonds. The molecule has 0 aliphatic rings. The zero-order chi connectivity index (χ0) is 12.6. The Hall–Kier alpha value is -1.63. The van der Waals surface area contributed by atoms with Gasteiger partial charge in [0, 0.05) is 26.4 Å². The molecule has 0 spiro atoms. The number of anilines is 1. The molecule has 0 bridgehead atoms. The number of hydrogen-bond donors (Lipinski definition) is 1. The standard InChI is InChI=1S/C10H12BrN5O/c1-6-8(11)9(14-16(6)3)10(17)12-7-4-5-15(2)13-7/h4-5H,1-3H3,(H,12,13,17). The minimum atomic E-state index is -0.278. The van der Waals surface area contributed by atoms with Crippen LogP contribution in [0.5, 0.6) is 0 Å². The third-order valence-electron chi connectivity index (χ3n) is 2.43. The molecule has 6 nitrogen and oxygen atoms in total. The normalized spacial score (nSPS) is 10.6. The average molecular weight is 298 g/mol. The van der Waals surface area contributed by atoms with E-state index in [0.29, 0.717) is 16.0 Å². The molecule has 2 heterocycles. The number of amides is 1. The summed E-state index contributed by atoms with van der Waals surface area (Å²) in [5.74, 6) is 0.229. The maximum Gasteiger partial charge on any atom is 0.278 e. The quantitative estimate of drug-likeness (QED) is 0.913. The summed E-state index contributed by atoms with van der Waals surface area (Å²) in [6.07, 6.45) is 1.76. The van der Waals surface area contributed by atoms with Crippen LogP contribution >= 0.6 is 15.9 Å². The molecule has 0 aromatic carbocycles. The highest BCUT2D eigenvalue weighted by Gasteiger charge is 2.18. The van der Waals surface area contributed by atoms with Crippen LogP contribution in [0.15, 0.2) is 16.7 Å². The molecule has 2 aromatic heterocycles. The molecule has 7 heteroatoms. The Labute approximate surface area is 107 Å². The van der Waals surface area contributed by atoms with Crippen LogP contribution in [0.1, 0.15) is 16.2 Å². The summed E-state index contributed by atoms with van der Waals surface area (Å²) in [7, 11) is 3.58. The summed E-state index contributed by atoms with van der Waals surface area (Å²) in [6.45, 7) is 1.88. The van der Waals surface area contributed by atoms with Crippen molar-refractivity contribution in [1.82, 2.24) is 19.6 Å². The van der Waals surface area contributed by atoms with Crippen molar-refractivity contribution in [1.29, 1.82) is 0 Å². The van der Waals surface area contributed by atoms with Gasteiger partial charge in [-0.15, -0.1) is 0 Å². The predicted octanol–water partition coefficient (Wildman–Crippen LogP) is 1.48. The fraction of sp³-hybridized carbons (Fsp3) is 0.300. The van der Waals surface area contributed by atoms with Gasteiger partial charge in [-0.2, -0.15) is 10.2 Å². The maximum absolute atomic E-state index is 11.9. The second kappa shape index (κ2) is 4.33. The third kappa shape index (κ3) is 2.23. The van der Waals surface area contributed by atoms with E-state index < -0.39 is 0 Å². The van der Waals surface area contributed by atoms with E-state index in [1.165, 1.54) is 0 Å². The van der Waals surface area contributed by atoms with Gasteiger partial charge in [-0.1, -0.05) is 0 Å². The van der Waals surface area contributed by atoms with Crippen LogP contribution in [0.25, 0.3) is 0 Å². The molecule has 0 atom stereocenters. The highest BCUT2D eigenvalue weighted by Crippen LogP contribution is 2.20. The van der Waals surface area contributed by atoms with Crippen LogP contribution in [0.2, 0.25) is 0 Å². The fourth-order valence-electron chi connectivity index (χ4n) is 1.38. The van der Waals surface area contributed by atoms with Gasteiger partial charge in [0.15, 0.2) is 11.5 Å². The summed E-state index contributed by atoms with van der Waals surface area (Å²) in [4.78, 5) is 11.9. The van der Waals surface area contributed by atoms with Crippen LogP contribution in [0.3, 0.4) is 0 Å². The van der Waals surface area contributed by atoms with Gasteiger partial charge in [0.25, 0.3) is 5.91 Å². The summed E-state index contributed by atoms with van der Waals surface area (Å²) in [5, 5.41) is 10.9. The van der Waals surface area contributed by atoms with Gasteiger partial charge >= 0.3 is 0 Å². The Morgan fingerprint density at radius 1 is 1.41 bits per heavy atom. The van der Waals surface area contributed by atoms with E-state index in [4.69, 9.17) is 0 Å². The number of aryl methyl sites for hydroxylation is 2. The number of aromatic nitrogens is 4. The van der Waals surface area contributed by atoms with E-state index in [1.54, 1.807) is 35.7 Å². The van der Waals surface area contributed by atoms with Crippen LogP contribution in [0, 0.1) is 6.92 Å². The minimum Gasteiger partial charge on any atom is -0.304 e. The molecule has 90 valence electrons. The Morgan fingerprint density at radius 3 is 2.59 bits per heavy atom. The molecular weight excluding hydrogens is 286 g/mol. The van der Waals surface area contributed by atoms with Gasteiger partial charge in [0.05, 0.1) is 10.2 Å². The topological polar surface area (TPSA) is 64.7 Å². The zero-order valence-electron chi connectivity index (χ0n) is 9.73. The second-order valence-corrected chi connectivity index (χ2v) is 4.49. The summed E-state index contributed by atoms with van der Waals surface area (Å²) < 4.78 is 3.97. The Kier molecular flexibility index (Phi) is 3.01. The van der Waals surface area contributed by atoms with E-state index in [1.807, 2.05) is 6.92 Å². The number of nitrogens with one attached hydrogen (secondary N) is 1. The first-order valence-electron chi connectivity index (χ1n) is 4.99. The molecule has 0 aliphatic heterocycles. The lowest BCUT2D eigenvalue weighted by Crippen LogP contribution is -2.14. The molecule has 0 saturated carbocycles. The predicted molar refractivity (Wildman–Crippen MR) is 66.8 cm³/mol. The molecule has 2 aromatic rings. The van der Waals surface area contributed by atoms with Gasteiger partial charge < -0.3 is 5.32 Å². The van der Waals surface area contributed by atoms with Gasteiger partial charge in [-0.3, -0.25) is 14.2 Å². The minimum absolute atomic E-state index is 0.278. The van der Waals surface area contributed by atoms with Crippen molar-refractivity contribution in [2.75, 3.05) is 5.32 Å². The van der Waals surface area contributed by atoms with Crippen molar-refractivity contribution in [3.63, 3.8) is 0 Å². The summed E-state index contributed by atoms with van der Waals surface area (Å²) in [6, 6.07) is 1.72. The lowest BCUT2D eigenvalue weighted by molar-refractivity contribution is 0.102. The third-order valence-corrected chi connectivity index (χ3v) is 3.38. The van der Waals surface area contributed by atoms with Gasteiger partial charge in [-0.05, 0) is 22.9 Å². The van der Waals surface area contributed by atoms with Crippen LogP contribution in [-0.4, -0.2) is 25.5 Å². The molecule has 1 N–H and O–H groups in total. The van der Waals surface area contributed by atoms with E-state index in [-0.39, 0.29) is 5.91 Å². The number of carbonyl (C=O) groups excluding carboxylic acids is 1. The van der Waals surface area contributed by atoms with Crippen LogP contribution in [0.4, 0.5) is 5.82 Å². The molecule has 0 radical (unpaired) electrons. The van der Waals surface area contributed by atoms with E-state index in [2.05, 4.69) is 31.4 Å². The first kappa shape index (κ1) is 11.8. The van der Waals surface area contributed by atoms with Crippen molar-refractivity contribution < 1.29 is 4.79 Å². The van der Waals surface area contributed by atoms with Gasteiger partial charge in [-0.25, -0.2) is 0 Å². The fourth-order valence-corrected chi connectivity index (χ4v) is 1.90. The number of hydrogen-bond acceptors (Lipinski definition) is 3. The maximum atomic E-state index is 11.9. The average Bonchev–Trinajstić information content (AvgIpc) is 2.78. The molecule has 0 unspecified atom stereocenters. The zero-order valence-corrected chi connectivity index (χ0v) is 11.3. The largest absolute Gasteiger partial charge is 0.304 e. The van der Waals surface area contributed by atoms with Crippen molar-refractivity contribution in [3.05, 3.63) is 28.1 Å². The van der Waals surface area contributed by atoms with E-state index in [9.17, 15) is 4.79 Å². The number of carbonyl (C=O) groups is 1. The molecule has 0 aliphatic carbocycles. The highest BCUT2D eigenvalue weighted by atomic mass is 79.9. The number of rotatable bonds is 2. The lowest BCUT2D eigenvalue weighted by atomic mass is 10.3. The Balaban J connectivity index is 2.23. The van der Waals surface area contributed by atoms with Crippen LogP contribution in [-0.2, 0) is 14.1 Å². The van der Waals surface area contributed by atoms with Crippen molar-refractivity contribution in [2.24, 2.45) is 14.1 Å². The van der Waals surface area contributed by atoms with Crippen molar-refractivity contribution in [2.45, 2.75) is 6.92 Å². The SMILES string of the molecule is Cc1c(Br)c(C(=O)Nc2ccn(C)n2)nn1C. The smallest absolute Gasteiger partial charge is 0.278 e. The molecule has 2 rings (SSSR count). The molecule has 17 heavy (non-hydrogen) atoms. The number of halogens is 1. The van der Waals surface area contributed by atoms with Crippen molar-refractivity contribution >= 4 is 27.7 Å². The lowest BCUT2D eigenvalue weighted by Gasteiger charge is -1.98. The first-order valence-corrected chi connectivity index (χ1v) is 5.78. The first-order chi connectivity index (χ1) is 7.99. The monoisotopic (exact) mass is 297 g/mol. The van der Waals surface area contributed by atoms with Gasteiger partial charge in [0.2, 0.25) is 0 Å². The Morgan fingerprint density at radius 2 is 2.12 bits per heavy atom. The number of nitrogens with zero attached hydrogens (tertiary/aromatic N) is 4. The van der Waals surface area contributed by atoms with Gasteiger partial charge in [0.1, 0.15) is 0 Å². The van der Waals surface area contributed by atoms with E-state index >= 15 is 0 Å². The summed E-state index contributed by atoms with van der Waals surface area (Å²) >= 11 is 3.35. The van der Waals surface area contributed by atoms with Crippen molar-refractivity contribution in [3.8, 4) is 0 Å². The highest BCUT2D eigenvalue weighted by molar-refractivity contribution is 9.10. The molecular formula is C10H12BrN5O. The van der Waals surface area contributed by atoms with E-state index in [0.717, 1.165) is 5.69 Å². The molecule has 0 saturated heterocycles. The van der Waals surface area contributed by atoms with Crippen LogP contribution < -0.4 is 5.32 Å².